The van der Waals surface area contributed by atoms with Crippen LogP contribution in [0.25, 0.3) is 0 Å². The van der Waals surface area contributed by atoms with Gasteiger partial charge in [-0.15, -0.1) is 0 Å². The van der Waals surface area contributed by atoms with Crippen molar-refractivity contribution in [3.05, 3.63) is 23.8 Å². The highest BCUT2D eigenvalue weighted by Crippen LogP contribution is 2.21. The molecule has 0 fully saturated rings. The molecule has 0 aromatic heterocycles. The van der Waals surface area contributed by atoms with Crippen LogP contribution in [-0.4, -0.2) is 26.5 Å². The third-order valence-corrected chi connectivity index (χ3v) is 3.06. The van der Waals surface area contributed by atoms with E-state index in [1.807, 2.05) is 25.1 Å². The monoisotopic (exact) mass is 249 g/mol. The Hall–Kier alpha value is -1.71. The van der Waals surface area contributed by atoms with E-state index in [4.69, 9.17) is 5.73 Å². The highest BCUT2D eigenvalue weighted by atomic mass is 16.1. The zero-order valence-corrected chi connectivity index (χ0v) is 11.7. The minimum atomic E-state index is -0.0636. The fourth-order valence-electron chi connectivity index (χ4n) is 1.63. The summed E-state index contributed by atoms with van der Waals surface area (Å²) in [5.41, 5.74) is 7.86. The molecule has 0 aliphatic rings. The lowest BCUT2D eigenvalue weighted by molar-refractivity contribution is 0.0948. The topological polar surface area (TPSA) is 58.4 Å². The smallest absolute Gasteiger partial charge is 0.253 e. The molecule has 0 radical (unpaired) electrons. The van der Waals surface area contributed by atoms with Crippen LogP contribution in [0.2, 0.25) is 0 Å². The molecular weight excluding hydrogens is 226 g/mol. The fraction of sp³-hybridized carbons (Fsp3) is 0.500. The molecule has 1 atom stereocenters. The number of hydrogen-bond donors (Lipinski definition) is 2. The van der Waals surface area contributed by atoms with E-state index in [2.05, 4.69) is 19.2 Å². The second-order valence-electron chi connectivity index (χ2n) is 4.89. The van der Waals surface area contributed by atoms with E-state index < -0.39 is 0 Å². The molecule has 1 rings (SSSR count). The SMILES string of the molecule is CCC(C)CNC(=O)c1cc(N)ccc1N(C)C. The van der Waals surface area contributed by atoms with E-state index in [0.29, 0.717) is 23.7 Å². The Bertz CT molecular complexity index is 416. The number of nitrogens with one attached hydrogen (secondary N) is 1. The Balaban J connectivity index is 2.87. The van der Waals surface area contributed by atoms with Crippen molar-refractivity contribution in [3.8, 4) is 0 Å². The first-order valence-electron chi connectivity index (χ1n) is 6.30. The quantitative estimate of drug-likeness (QED) is 0.786. The van der Waals surface area contributed by atoms with Crippen LogP contribution in [0.5, 0.6) is 0 Å². The maximum atomic E-state index is 12.1. The molecule has 0 aliphatic heterocycles. The Labute approximate surface area is 109 Å². The van der Waals surface area contributed by atoms with Gasteiger partial charge in [-0.05, 0) is 24.1 Å². The van der Waals surface area contributed by atoms with Crippen molar-refractivity contribution in [1.29, 1.82) is 0 Å². The van der Waals surface area contributed by atoms with Crippen LogP contribution >= 0.6 is 0 Å². The molecule has 0 saturated heterocycles. The van der Waals surface area contributed by atoms with Gasteiger partial charge in [-0.2, -0.15) is 0 Å². The van der Waals surface area contributed by atoms with Crippen LogP contribution < -0.4 is 16.0 Å². The van der Waals surface area contributed by atoms with Crippen molar-refractivity contribution in [3.63, 3.8) is 0 Å². The number of nitrogens with two attached hydrogens (primary N) is 1. The molecule has 1 aromatic rings. The normalized spacial score (nSPS) is 12.0. The molecule has 1 unspecified atom stereocenters. The molecule has 1 aromatic carbocycles. The highest BCUT2D eigenvalue weighted by molar-refractivity contribution is 6.00. The molecule has 1 amide bonds. The minimum Gasteiger partial charge on any atom is -0.399 e. The minimum absolute atomic E-state index is 0.0636. The highest BCUT2D eigenvalue weighted by Gasteiger charge is 2.13. The van der Waals surface area contributed by atoms with Crippen LogP contribution in [0.3, 0.4) is 0 Å². The van der Waals surface area contributed by atoms with Crippen molar-refractivity contribution in [2.75, 3.05) is 31.3 Å². The van der Waals surface area contributed by atoms with Gasteiger partial charge in [-0.1, -0.05) is 20.3 Å². The molecule has 100 valence electrons. The van der Waals surface area contributed by atoms with Gasteiger partial charge in [0.15, 0.2) is 0 Å². The molecule has 0 aliphatic carbocycles. The maximum Gasteiger partial charge on any atom is 0.253 e. The van der Waals surface area contributed by atoms with E-state index in [0.717, 1.165) is 12.1 Å². The van der Waals surface area contributed by atoms with Gasteiger partial charge < -0.3 is 16.0 Å². The van der Waals surface area contributed by atoms with Gasteiger partial charge >= 0.3 is 0 Å². The van der Waals surface area contributed by atoms with Gasteiger partial charge in [-0.25, -0.2) is 0 Å². The molecule has 0 bridgehead atoms. The van der Waals surface area contributed by atoms with Crippen molar-refractivity contribution in [1.82, 2.24) is 5.32 Å². The van der Waals surface area contributed by atoms with E-state index in [1.165, 1.54) is 0 Å². The predicted octanol–water partition coefficient (Wildman–Crippen LogP) is 2.11. The third kappa shape index (κ3) is 3.65. The summed E-state index contributed by atoms with van der Waals surface area (Å²) in [4.78, 5) is 14.1. The zero-order chi connectivity index (χ0) is 13.7. The predicted molar refractivity (Wildman–Crippen MR) is 77.0 cm³/mol. The number of anilines is 2. The standard InChI is InChI=1S/C14H23N3O/c1-5-10(2)9-16-14(18)12-8-11(15)6-7-13(12)17(3)4/h6-8,10H,5,9,15H2,1-4H3,(H,16,18). The van der Waals surface area contributed by atoms with Gasteiger partial charge in [0.25, 0.3) is 5.91 Å². The van der Waals surface area contributed by atoms with Gasteiger partial charge in [0.2, 0.25) is 0 Å². The van der Waals surface area contributed by atoms with Crippen LogP contribution in [0.15, 0.2) is 18.2 Å². The second-order valence-corrected chi connectivity index (χ2v) is 4.89. The summed E-state index contributed by atoms with van der Waals surface area (Å²) < 4.78 is 0. The van der Waals surface area contributed by atoms with Crippen molar-refractivity contribution in [2.24, 2.45) is 5.92 Å². The number of carbonyl (C=O) groups excluding carboxylic acids is 1. The summed E-state index contributed by atoms with van der Waals surface area (Å²) in [5.74, 6) is 0.420. The summed E-state index contributed by atoms with van der Waals surface area (Å²) in [6.45, 7) is 4.92. The van der Waals surface area contributed by atoms with Crippen molar-refractivity contribution >= 4 is 17.3 Å². The Morgan fingerprint density at radius 1 is 1.44 bits per heavy atom. The molecule has 4 nitrogen and oxygen atoms in total. The molecule has 0 saturated carbocycles. The summed E-state index contributed by atoms with van der Waals surface area (Å²) in [5, 5.41) is 2.95. The third-order valence-electron chi connectivity index (χ3n) is 3.06. The number of nitrogens with zero attached hydrogens (tertiary/aromatic N) is 1. The van der Waals surface area contributed by atoms with Gasteiger partial charge in [-0.3, -0.25) is 4.79 Å². The Morgan fingerprint density at radius 3 is 2.67 bits per heavy atom. The van der Waals surface area contributed by atoms with Crippen LogP contribution in [0, 0.1) is 5.92 Å². The lowest BCUT2D eigenvalue weighted by atomic mass is 10.1. The van der Waals surface area contributed by atoms with E-state index in [9.17, 15) is 4.79 Å². The molecule has 18 heavy (non-hydrogen) atoms. The van der Waals surface area contributed by atoms with E-state index >= 15 is 0 Å². The first kappa shape index (κ1) is 14.4. The molecule has 4 heteroatoms. The number of nitrogen functional groups attached to an aromatic ring is 1. The average molecular weight is 249 g/mol. The summed E-state index contributed by atoms with van der Waals surface area (Å²) in [6, 6.07) is 5.40. The Morgan fingerprint density at radius 2 is 2.11 bits per heavy atom. The van der Waals surface area contributed by atoms with Crippen LogP contribution in [0.4, 0.5) is 11.4 Å². The van der Waals surface area contributed by atoms with E-state index in [1.54, 1.807) is 12.1 Å². The molecular formula is C14H23N3O. The molecule has 0 spiro atoms. The molecule has 0 heterocycles. The van der Waals surface area contributed by atoms with Gasteiger partial charge in [0, 0.05) is 32.0 Å². The molecule has 3 N–H and O–H groups in total. The Kier molecular flexibility index (Phi) is 5.01. The number of rotatable bonds is 5. The summed E-state index contributed by atoms with van der Waals surface area (Å²) in [7, 11) is 3.83. The number of hydrogen-bond acceptors (Lipinski definition) is 3. The average Bonchev–Trinajstić information content (AvgIpc) is 2.34. The first-order valence-corrected chi connectivity index (χ1v) is 6.30. The fourth-order valence-corrected chi connectivity index (χ4v) is 1.63. The van der Waals surface area contributed by atoms with E-state index in [-0.39, 0.29) is 5.91 Å². The van der Waals surface area contributed by atoms with Crippen LogP contribution in [0.1, 0.15) is 30.6 Å². The second kappa shape index (κ2) is 6.28. The van der Waals surface area contributed by atoms with Crippen LogP contribution in [-0.2, 0) is 0 Å². The number of amides is 1. The summed E-state index contributed by atoms with van der Waals surface area (Å²) in [6.07, 6.45) is 1.05. The number of carbonyl (C=O) groups is 1. The summed E-state index contributed by atoms with van der Waals surface area (Å²) >= 11 is 0. The van der Waals surface area contributed by atoms with Crippen molar-refractivity contribution in [2.45, 2.75) is 20.3 Å². The van der Waals surface area contributed by atoms with Gasteiger partial charge in [0.05, 0.1) is 5.56 Å². The zero-order valence-electron chi connectivity index (χ0n) is 11.7. The lowest BCUT2D eigenvalue weighted by Crippen LogP contribution is -2.29. The van der Waals surface area contributed by atoms with Gasteiger partial charge in [0.1, 0.15) is 0 Å². The first-order chi connectivity index (χ1) is 8.45. The maximum absolute atomic E-state index is 12.1. The van der Waals surface area contributed by atoms with Crippen molar-refractivity contribution < 1.29 is 4.79 Å². The number of benzene rings is 1. The lowest BCUT2D eigenvalue weighted by Gasteiger charge is -2.18. The largest absolute Gasteiger partial charge is 0.399 e.